The van der Waals surface area contributed by atoms with E-state index in [-0.39, 0.29) is 18.2 Å². The molecule has 0 bridgehead atoms. The van der Waals surface area contributed by atoms with Gasteiger partial charge in [0.2, 0.25) is 0 Å². The molecule has 0 aliphatic rings. The molecular formula is C11H23NO3. The van der Waals surface area contributed by atoms with Crippen molar-refractivity contribution in [1.29, 1.82) is 0 Å². The summed E-state index contributed by atoms with van der Waals surface area (Å²) < 4.78 is 10.4. The molecule has 15 heavy (non-hydrogen) atoms. The van der Waals surface area contributed by atoms with Crippen LogP contribution in [-0.2, 0) is 14.3 Å². The lowest BCUT2D eigenvalue weighted by atomic mass is 10.2. The van der Waals surface area contributed by atoms with Crippen molar-refractivity contribution in [2.45, 2.75) is 52.2 Å². The van der Waals surface area contributed by atoms with Gasteiger partial charge in [-0.2, -0.15) is 0 Å². The van der Waals surface area contributed by atoms with Crippen molar-refractivity contribution in [2.24, 2.45) is 5.73 Å². The second-order valence-corrected chi connectivity index (χ2v) is 4.55. The summed E-state index contributed by atoms with van der Waals surface area (Å²) in [5, 5.41) is 0. The third kappa shape index (κ3) is 8.39. The standard InChI is InChI=1S/C11H23NO3/c1-5-6-7-14-10(13)9(12)8-15-11(2,3)4/h9H,5-8,12H2,1-4H3/t9-/m0/s1. The summed E-state index contributed by atoms with van der Waals surface area (Å²) in [6.45, 7) is 8.44. The molecule has 0 amide bonds. The number of carbonyl (C=O) groups is 1. The SMILES string of the molecule is CCCCOC(=O)[C@@H](N)COC(C)(C)C. The minimum atomic E-state index is -0.680. The largest absolute Gasteiger partial charge is 0.464 e. The van der Waals surface area contributed by atoms with Gasteiger partial charge in [-0.3, -0.25) is 4.79 Å². The highest BCUT2D eigenvalue weighted by atomic mass is 16.5. The molecule has 90 valence electrons. The third-order valence-corrected chi connectivity index (χ3v) is 1.74. The zero-order chi connectivity index (χ0) is 11.9. The molecule has 0 rings (SSSR count). The molecule has 4 heteroatoms. The van der Waals surface area contributed by atoms with Crippen molar-refractivity contribution in [3.8, 4) is 0 Å². The number of carbonyl (C=O) groups excluding carboxylic acids is 1. The minimum absolute atomic E-state index is 0.203. The second kappa shape index (κ2) is 6.80. The summed E-state index contributed by atoms with van der Waals surface area (Å²) in [4.78, 5) is 11.3. The molecular weight excluding hydrogens is 194 g/mol. The molecule has 0 heterocycles. The van der Waals surface area contributed by atoms with Crippen molar-refractivity contribution >= 4 is 5.97 Å². The first-order valence-electron chi connectivity index (χ1n) is 5.43. The predicted octanol–water partition coefficient (Wildman–Crippen LogP) is 1.47. The lowest BCUT2D eigenvalue weighted by Crippen LogP contribution is -2.39. The molecule has 4 nitrogen and oxygen atoms in total. The fraction of sp³-hybridized carbons (Fsp3) is 0.909. The van der Waals surface area contributed by atoms with Gasteiger partial charge in [0.05, 0.1) is 18.8 Å². The van der Waals surface area contributed by atoms with Gasteiger partial charge in [0.1, 0.15) is 6.04 Å². The lowest BCUT2D eigenvalue weighted by molar-refractivity contribution is -0.148. The Morgan fingerprint density at radius 3 is 2.47 bits per heavy atom. The molecule has 0 unspecified atom stereocenters. The van der Waals surface area contributed by atoms with Gasteiger partial charge < -0.3 is 15.2 Å². The monoisotopic (exact) mass is 217 g/mol. The Kier molecular flexibility index (Phi) is 6.52. The van der Waals surface area contributed by atoms with Gasteiger partial charge in [-0.15, -0.1) is 0 Å². The van der Waals surface area contributed by atoms with Gasteiger partial charge in [0.25, 0.3) is 0 Å². The lowest BCUT2D eigenvalue weighted by Gasteiger charge is -2.21. The average Bonchev–Trinajstić information content (AvgIpc) is 2.13. The van der Waals surface area contributed by atoms with E-state index in [1.807, 2.05) is 27.7 Å². The maximum Gasteiger partial charge on any atom is 0.325 e. The highest BCUT2D eigenvalue weighted by molar-refractivity contribution is 5.75. The topological polar surface area (TPSA) is 61.5 Å². The van der Waals surface area contributed by atoms with E-state index in [1.165, 1.54) is 0 Å². The van der Waals surface area contributed by atoms with E-state index in [2.05, 4.69) is 0 Å². The molecule has 0 aliphatic heterocycles. The van der Waals surface area contributed by atoms with Gasteiger partial charge in [0, 0.05) is 0 Å². The summed E-state index contributed by atoms with van der Waals surface area (Å²) in [6, 6.07) is -0.680. The summed E-state index contributed by atoms with van der Waals surface area (Å²) in [5.41, 5.74) is 5.33. The first kappa shape index (κ1) is 14.4. The van der Waals surface area contributed by atoms with Crippen LogP contribution in [-0.4, -0.2) is 30.8 Å². The Labute approximate surface area is 92.1 Å². The Morgan fingerprint density at radius 1 is 1.40 bits per heavy atom. The van der Waals surface area contributed by atoms with Crippen molar-refractivity contribution in [1.82, 2.24) is 0 Å². The smallest absolute Gasteiger partial charge is 0.325 e. The summed E-state index contributed by atoms with van der Waals surface area (Å²) in [7, 11) is 0. The fourth-order valence-electron chi connectivity index (χ4n) is 0.832. The van der Waals surface area contributed by atoms with Crippen LogP contribution in [0.3, 0.4) is 0 Å². The predicted molar refractivity (Wildman–Crippen MR) is 59.5 cm³/mol. The van der Waals surface area contributed by atoms with Crippen LogP contribution < -0.4 is 5.73 Å². The van der Waals surface area contributed by atoms with E-state index < -0.39 is 6.04 Å². The second-order valence-electron chi connectivity index (χ2n) is 4.55. The number of ether oxygens (including phenoxy) is 2. The number of rotatable bonds is 6. The zero-order valence-corrected chi connectivity index (χ0v) is 10.2. The molecule has 0 radical (unpaired) electrons. The molecule has 1 atom stereocenters. The van der Waals surface area contributed by atoms with Crippen LogP contribution in [0.15, 0.2) is 0 Å². The van der Waals surface area contributed by atoms with Crippen LogP contribution in [0.25, 0.3) is 0 Å². The molecule has 0 saturated heterocycles. The van der Waals surface area contributed by atoms with Crippen LogP contribution in [0.1, 0.15) is 40.5 Å². The summed E-state index contributed by atoms with van der Waals surface area (Å²) in [6.07, 6.45) is 1.87. The number of hydrogen-bond acceptors (Lipinski definition) is 4. The van der Waals surface area contributed by atoms with Crippen LogP contribution >= 0.6 is 0 Å². The van der Waals surface area contributed by atoms with E-state index in [0.29, 0.717) is 6.61 Å². The van der Waals surface area contributed by atoms with Gasteiger partial charge in [-0.1, -0.05) is 13.3 Å². The van der Waals surface area contributed by atoms with Crippen LogP contribution in [0.4, 0.5) is 0 Å². The van der Waals surface area contributed by atoms with E-state index in [9.17, 15) is 4.79 Å². The maximum absolute atomic E-state index is 11.3. The van der Waals surface area contributed by atoms with Gasteiger partial charge in [-0.25, -0.2) is 0 Å². The Bertz CT molecular complexity index is 187. The molecule has 2 N–H and O–H groups in total. The maximum atomic E-state index is 11.3. The highest BCUT2D eigenvalue weighted by Gasteiger charge is 2.19. The third-order valence-electron chi connectivity index (χ3n) is 1.74. The highest BCUT2D eigenvalue weighted by Crippen LogP contribution is 2.06. The molecule has 0 saturated carbocycles. The Hall–Kier alpha value is -0.610. The molecule has 0 aromatic heterocycles. The molecule has 0 fully saturated rings. The number of unbranched alkanes of at least 4 members (excludes halogenated alkanes) is 1. The summed E-state index contributed by atoms with van der Waals surface area (Å²) in [5.74, 6) is -0.382. The quantitative estimate of drug-likeness (QED) is 0.540. The number of esters is 1. The molecule has 0 aliphatic carbocycles. The van der Waals surface area contributed by atoms with Crippen molar-refractivity contribution < 1.29 is 14.3 Å². The van der Waals surface area contributed by atoms with Crippen molar-refractivity contribution in [3.63, 3.8) is 0 Å². The minimum Gasteiger partial charge on any atom is -0.464 e. The average molecular weight is 217 g/mol. The van der Waals surface area contributed by atoms with E-state index >= 15 is 0 Å². The zero-order valence-electron chi connectivity index (χ0n) is 10.2. The van der Waals surface area contributed by atoms with Crippen molar-refractivity contribution in [3.05, 3.63) is 0 Å². The number of nitrogens with two attached hydrogens (primary N) is 1. The fourth-order valence-corrected chi connectivity index (χ4v) is 0.832. The van der Waals surface area contributed by atoms with E-state index in [0.717, 1.165) is 12.8 Å². The van der Waals surface area contributed by atoms with Gasteiger partial charge in [0.15, 0.2) is 0 Å². The summed E-state index contributed by atoms with van der Waals surface area (Å²) >= 11 is 0. The van der Waals surface area contributed by atoms with Crippen LogP contribution in [0, 0.1) is 0 Å². The normalized spacial score (nSPS) is 13.7. The first-order valence-corrected chi connectivity index (χ1v) is 5.43. The van der Waals surface area contributed by atoms with Crippen LogP contribution in [0.5, 0.6) is 0 Å². The Morgan fingerprint density at radius 2 is 2.00 bits per heavy atom. The van der Waals surface area contributed by atoms with Crippen LogP contribution in [0.2, 0.25) is 0 Å². The van der Waals surface area contributed by atoms with E-state index in [4.69, 9.17) is 15.2 Å². The molecule has 0 aromatic carbocycles. The first-order chi connectivity index (χ1) is 6.87. The van der Waals surface area contributed by atoms with Gasteiger partial charge >= 0.3 is 5.97 Å². The Balaban J connectivity index is 3.70. The molecule has 0 spiro atoms. The van der Waals surface area contributed by atoms with Gasteiger partial charge in [-0.05, 0) is 27.2 Å². The molecule has 0 aromatic rings. The number of hydrogen-bond donors (Lipinski definition) is 1. The van der Waals surface area contributed by atoms with Crippen molar-refractivity contribution in [2.75, 3.05) is 13.2 Å². The van der Waals surface area contributed by atoms with E-state index in [1.54, 1.807) is 0 Å².